The van der Waals surface area contributed by atoms with E-state index in [1.165, 1.54) is 0 Å². The number of hydrogen-bond acceptors (Lipinski definition) is 3. The molecule has 0 saturated heterocycles. The van der Waals surface area contributed by atoms with Crippen LogP contribution in [-0.4, -0.2) is 21.8 Å². The van der Waals surface area contributed by atoms with Crippen molar-refractivity contribution in [2.24, 2.45) is 0 Å². The van der Waals surface area contributed by atoms with Crippen LogP contribution < -0.4 is 5.32 Å². The van der Waals surface area contributed by atoms with Gasteiger partial charge in [0.25, 0.3) is 5.91 Å². The second kappa shape index (κ2) is 9.38. The number of carbonyl (C=O) groups is 1. The van der Waals surface area contributed by atoms with E-state index in [4.69, 9.17) is 11.6 Å². The number of rotatable bonds is 7. The number of hydrogen-bond donors (Lipinski definition) is 1. The van der Waals surface area contributed by atoms with Crippen LogP contribution in [0.5, 0.6) is 0 Å². The topological polar surface area (TPSA) is 45.2 Å². The summed E-state index contributed by atoms with van der Waals surface area (Å²) in [6.07, 6.45) is 1.63. The van der Waals surface area contributed by atoms with Crippen molar-refractivity contribution in [3.05, 3.63) is 94.6 Å². The molecule has 0 atom stereocenters. The molecular weight excluding hydrogens is 370 g/mol. The quantitative estimate of drug-likeness (QED) is 0.584. The Labute approximate surface area is 171 Å². The Morgan fingerprint density at radius 3 is 2.32 bits per heavy atom. The third kappa shape index (κ3) is 5.33. The number of nitrogens with one attached hydrogen (secondary N) is 1. The lowest BCUT2D eigenvalue weighted by Gasteiger charge is -2.27. The second-order valence-corrected chi connectivity index (χ2v) is 7.36. The SMILES string of the molecule is CC(C)N(Cc1ccccc1)C(=O)c1ccc(NCc2ccc(Cl)cc2)nc1. The van der Waals surface area contributed by atoms with E-state index in [1.54, 1.807) is 6.20 Å². The first-order valence-corrected chi connectivity index (χ1v) is 9.70. The number of pyridine rings is 1. The van der Waals surface area contributed by atoms with Gasteiger partial charge in [0.15, 0.2) is 0 Å². The Balaban J connectivity index is 1.65. The second-order valence-electron chi connectivity index (χ2n) is 6.92. The molecule has 1 N–H and O–H groups in total. The molecule has 2 aromatic carbocycles. The summed E-state index contributed by atoms with van der Waals surface area (Å²) < 4.78 is 0. The molecule has 0 saturated carbocycles. The lowest BCUT2D eigenvalue weighted by Crippen LogP contribution is -2.36. The van der Waals surface area contributed by atoms with Crippen molar-refractivity contribution in [3.63, 3.8) is 0 Å². The summed E-state index contributed by atoms with van der Waals surface area (Å²) in [5.41, 5.74) is 2.81. The van der Waals surface area contributed by atoms with Crippen molar-refractivity contribution in [2.75, 3.05) is 5.32 Å². The fourth-order valence-electron chi connectivity index (χ4n) is 2.85. The molecule has 144 valence electrons. The Morgan fingerprint density at radius 1 is 1.00 bits per heavy atom. The van der Waals surface area contributed by atoms with Crippen LogP contribution in [-0.2, 0) is 13.1 Å². The summed E-state index contributed by atoms with van der Waals surface area (Å²) in [7, 11) is 0. The predicted molar refractivity (Wildman–Crippen MR) is 114 cm³/mol. The minimum atomic E-state index is -0.0180. The minimum absolute atomic E-state index is 0.0180. The molecule has 5 heteroatoms. The largest absolute Gasteiger partial charge is 0.366 e. The molecule has 0 fully saturated rings. The molecule has 0 spiro atoms. The van der Waals surface area contributed by atoms with Gasteiger partial charge in [0.05, 0.1) is 5.56 Å². The lowest BCUT2D eigenvalue weighted by molar-refractivity contribution is 0.0690. The van der Waals surface area contributed by atoms with Crippen molar-refractivity contribution in [3.8, 4) is 0 Å². The van der Waals surface area contributed by atoms with Gasteiger partial charge >= 0.3 is 0 Å². The highest BCUT2D eigenvalue weighted by Crippen LogP contribution is 2.15. The molecule has 1 amide bonds. The van der Waals surface area contributed by atoms with Crippen molar-refractivity contribution in [2.45, 2.75) is 33.0 Å². The Bertz CT molecular complexity index is 893. The van der Waals surface area contributed by atoms with Crippen LogP contribution in [0.1, 0.15) is 35.3 Å². The zero-order valence-corrected chi connectivity index (χ0v) is 16.9. The summed E-state index contributed by atoms with van der Waals surface area (Å²) in [5, 5.41) is 3.98. The summed E-state index contributed by atoms with van der Waals surface area (Å²) >= 11 is 5.91. The molecular formula is C23H24ClN3O. The number of nitrogens with zero attached hydrogens (tertiary/aromatic N) is 2. The van der Waals surface area contributed by atoms with Gasteiger partial charge in [0.2, 0.25) is 0 Å². The first-order chi connectivity index (χ1) is 13.5. The molecule has 0 aliphatic carbocycles. The zero-order valence-electron chi connectivity index (χ0n) is 16.1. The van der Waals surface area contributed by atoms with Gasteiger partial charge in [0.1, 0.15) is 5.82 Å². The third-order valence-corrected chi connectivity index (χ3v) is 4.73. The van der Waals surface area contributed by atoms with Gasteiger partial charge in [-0.15, -0.1) is 0 Å². The molecule has 0 radical (unpaired) electrons. The van der Waals surface area contributed by atoms with Crippen LogP contribution in [0.4, 0.5) is 5.82 Å². The summed E-state index contributed by atoms with van der Waals surface area (Å²) in [6.45, 7) is 5.27. The maximum atomic E-state index is 13.0. The van der Waals surface area contributed by atoms with E-state index >= 15 is 0 Å². The first-order valence-electron chi connectivity index (χ1n) is 9.32. The molecule has 0 unspecified atom stereocenters. The van der Waals surface area contributed by atoms with E-state index in [2.05, 4.69) is 10.3 Å². The standard InChI is InChI=1S/C23H24ClN3O/c1-17(2)27(16-19-6-4-3-5-7-19)23(28)20-10-13-22(26-15-20)25-14-18-8-11-21(24)12-9-18/h3-13,15,17H,14,16H2,1-2H3,(H,25,26). The van der Waals surface area contributed by atoms with Gasteiger partial charge in [-0.25, -0.2) is 4.98 Å². The first kappa shape index (κ1) is 19.9. The van der Waals surface area contributed by atoms with Crippen LogP contribution in [0.3, 0.4) is 0 Å². The Hall–Kier alpha value is -2.85. The van der Waals surface area contributed by atoms with E-state index in [1.807, 2.05) is 85.5 Å². The average molecular weight is 394 g/mol. The Kier molecular flexibility index (Phi) is 6.66. The molecule has 3 aromatic rings. The summed E-state index contributed by atoms with van der Waals surface area (Å²) in [4.78, 5) is 19.2. The number of carbonyl (C=O) groups excluding carboxylic acids is 1. The van der Waals surface area contributed by atoms with Gasteiger partial charge < -0.3 is 10.2 Å². The smallest absolute Gasteiger partial charge is 0.255 e. The highest BCUT2D eigenvalue weighted by molar-refractivity contribution is 6.30. The number of aromatic nitrogens is 1. The van der Waals surface area contributed by atoms with Crippen molar-refractivity contribution in [1.82, 2.24) is 9.88 Å². The third-order valence-electron chi connectivity index (χ3n) is 4.48. The van der Waals surface area contributed by atoms with E-state index in [-0.39, 0.29) is 11.9 Å². The lowest BCUT2D eigenvalue weighted by atomic mass is 10.1. The molecule has 4 nitrogen and oxygen atoms in total. The van der Waals surface area contributed by atoms with E-state index in [0.29, 0.717) is 18.7 Å². The van der Waals surface area contributed by atoms with Crippen LogP contribution >= 0.6 is 11.6 Å². The van der Waals surface area contributed by atoms with Crippen LogP contribution in [0.2, 0.25) is 5.02 Å². The molecule has 3 rings (SSSR count). The van der Waals surface area contributed by atoms with Crippen LogP contribution in [0.25, 0.3) is 0 Å². The average Bonchev–Trinajstić information content (AvgIpc) is 2.72. The van der Waals surface area contributed by atoms with E-state index in [0.717, 1.165) is 22.0 Å². The van der Waals surface area contributed by atoms with Crippen molar-refractivity contribution < 1.29 is 4.79 Å². The summed E-state index contributed by atoms with van der Waals surface area (Å²) in [5.74, 6) is 0.710. The Morgan fingerprint density at radius 2 is 1.71 bits per heavy atom. The van der Waals surface area contributed by atoms with Gasteiger partial charge in [0, 0.05) is 30.4 Å². The van der Waals surface area contributed by atoms with E-state index < -0.39 is 0 Å². The fourth-order valence-corrected chi connectivity index (χ4v) is 2.98. The highest BCUT2D eigenvalue weighted by atomic mass is 35.5. The van der Waals surface area contributed by atoms with E-state index in [9.17, 15) is 4.79 Å². The molecule has 0 aliphatic heterocycles. The minimum Gasteiger partial charge on any atom is -0.366 e. The van der Waals surface area contributed by atoms with Crippen molar-refractivity contribution >= 4 is 23.3 Å². The van der Waals surface area contributed by atoms with Crippen LogP contribution in [0, 0.1) is 0 Å². The molecule has 0 aliphatic rings. The van der Waals surface area contributed by atoms with Crippen molar-refractivity contribution in [1.29, 1.82) is 0 Å². The van der Waals surface area contributed by atoms with Gasteiger partial charge in [-0.05, 0) is 49.2 Å². The molecule has 1 aromatic heterocycles. The highest BCUT2D eigenvalue weighted by Gasteiger charge is 2.19. The maximum Gasteiger partial charge on any atom is 0.255 e. The predicted octanol–water partition coefficient (Wildman–Crippen LogP) is 5.40. The molecule has 1 heterocycles. The zero-order chi connectivity index (χ0) is 19.9. The van der Waals surface area contributed by atoms with Gasteiger partial charge in [-0.2, -0.15) is 0 Å². The normalized spacial score (nSPS) is 10.7. The molecule has 28 heavy (non-hydrogen) atoms. The number of benzene rings is 2. The van der Waals surface area contributed by atoms with Gasteiger partial charge in [-0.3, -0.25) is 4.79 Å². The number of halogens is 1. The number of anilines is 1. The summed E-state index contributed by atoms with van der Waals surface area (Å²) in [6, 6.07) is 21.4. The maximum absolute atomic E-state index is 13.0. The van der Waals surface area contributed by atoms with Crippen LogP contribution in [0.15, 0.2) is 72.9 Å². The monoisotopic (exact) mass is 393 g/mol. The number of amides is 1. The molecule has 0 bridgehead atoms. The fraction of sp³-hybridized carbons (Fsp3) is 0.217. The van der Waals surface area contributed by atoms with Gasteiger partial charge in [-0.1, -0.05) is 54.1 Å².